The number of nitrogens with zero attached hydrogens (tertiary/aromatic N) is 2. The summed E-state index contributed by atoms with van der Waals surface area (Å²) in [6.07, 6.45) is 1.15. The molecule has 2 unspecified atom stereocenters. The van der Waals surface area contributed by atoms with Crippen LogP contribution in [0.4, 0.5) is 10.1 Å². The van der Waals surface area contributed by atoms with Gasteiger partial charge in [-0.1, -0.05) is 6.07 Å². The summed E-state index contributed by atoms with van der Waals surface area (Å²) >= 11 is 0. The fourth-order valence-electron chi connectivity index (χ4n) is 3.16. The lowest BCUT2D eigenvalue weighted by molar-refractivity contribution is 0.0347. The fourth-order valence-corrected chi connectivity index (χ4v) is 3.16. The molecule has 1 saturated heterocycles. The lowest BCUT2D eigenvalue weighted by Crippen LogP contribution is -2.44. The van der Waals surface area contributed by atoms with E-state index >= 15 is 0 Å². The van der Waals surface area contributed by atoms with Crippen LogP contribution < -0.4 is 15.5 Å². The number of ether oxygens (including phenoxy) is 2. The van der Waals surface area contributed by atoms with Crippen molar-refractivity contribution in [2.24, 2.45) is 4.99 Å². The molecule has 1 aromatic rings. The van der Waals surface area contributed by atoms with Gasteiger partial charge in [0.15, 0.2) is 5.96 Å². The monoisotopic (exact) mass is 394 g/mol. The topological polar surface area (TPSA) is 58.1 Å². The van der Waals surface area contributed by atoms with Crippen LogP contribution in [-0.2, 0) is 16.0 Å². The maximum absolute atomic E-state index is 14.5. The van der Waals surface area contributed by atoms with Crippen LogP contribution in [0.5, 0.6) is 0 Å². The van der Waals surface area contributed by atoms with Gasteiger partial charge < -0.3 is 25.0 Å². The molecule has 0 aromatic heterocycles. The minimum absolute atomic E-state index is 0.111. The number of guanidine groups is 1. The summed E-state index contributed by atoms with van der Waals surface area (Å²) in [4.78, 5) is 6.60. The molecule has 2 N–H and O–H groups in total. The van der Waals surface area contributed by atoms with Crippen LogP contribution in [0.15, 0.2) is 23.2 Å². The summed E-state index contributed by atoms with van der Waals surface area (Å²) in [5.41, 5.74) is 1.49. The number of halogens is 1. The Labute approximate surface area is 168 Å². The van der Waals surface area contributed by atoms with Gasteiger partial charge in [0.2, 0.25) is 0 Å². The van der Waals surface area contributed by atoms with E-state index in [-0.39, 0.29) is 18.0 Å². The smallest absolute Gasteiger partial charge is 0.191 e. The zero-order valence-electron chi connectivity index (χ0n) is 17.6. The van der Waals surface area contributed by atoms with Crippen molar-refractivity contribution in [3.63, 3.8) is 0 Å². The van der Waals surface area contributed by atoms with E-state index in [1.54, 1.807) is 6.07 Å². The van der Waals surface area contributed by atoms with Crippen molar-refractivity contribution in [3.05, 3.63) is 29.6 Å². The Morgan fingerprint density at radius 2 is 2.14 bits per heavy atom. The van der Waals surface area contributed by atoms with Gasteiger partial charge in [-0.3, -0.25) is 0 Å². The molecule has 0 saturated carbocycles. The standard InChI is InChI=1S/C21H35FN4O2/c1-5-23-21(25-16(4)14-28-18-10-11-27-15-18)24-13-17-8-9-20(19(22)12-17)26(6-2)7-3/h8-9,12,16,18H,5-7,10-11,13-15H2,1-4H3,(H2,23,24,25). The lowest BCUT2D eigenvalue weighted by Gasteiger charge is -2.22. The second-order valence-electron chi connectivity index (χ2n) is 7.02. The van der Waals surface area contributed by atoms with Gasteiger partial charge in [-0.05, 0) is 51.8 Å². The predicted octanol–water partition coefficient (Wildman–Crippen LogP) is 2.92. The Kier molecular flexibility index (Phi) is 9.50. The molecule has 1 aliphatic heterocycles. The third-order valence-electron chi connectivity index (χ3n) is 4.73. The number of benzene rings is 1. The van der Waals surface area contributed by atoms with E-state index < -0.39 is 0 Å². The number of nitrogens with one attached hydrogen (secondary N) is 2. The highest BCUT2D eigenvalue weighted by Crippen LogP contribution is 2.20. The summed E-state index contributed by atoms with van der Waals surface area (Å²) in [7, 11) is 0. The fraction of sp³-hybridized carbons (Fsp3) is 0.667. The van der Waals surface area contributed by atoms with Gasteiger partial charge in [-0.15, -0.1) is 0 Å². The number of rotatable bonds is 10. The van der Waals surface area contributed by atoms with Crippen LogP contribution in [0.2, 0.25) is 0 Å². The van der Waals surface area contributed by atoms with Crippen molar-refractivity contribution in [2.45, 2.75) is 52.8 Å². The van der Waals surface area contributed by atoms with Crippen LogP contribution in [0.25, 0.3) is 0 Å². The Morgan fingerprint density at radius 3 is 2.75 bits per heavy atom. The molecule has 1 aliphatic rings. The SMILES string of the molecule is CCNC(=NCc1ccc(N(CC)CC)c(F)c1)NC(C)COC1CCOC1. The third kappa shape index (κ3) is 6.95. The molecule has 2 rings (SSSR count). The van der Waals surface area contributed by atoms with Crippen molar-refractivity contribution < 1.29 is 13.9 Å². The van der Waals surface area contributed by atoms with E-state index in [1.807, 2.05) is 37.8 Å². The first kappa shape index (κ1) is 22.4. The van der Waals surface area contributed by atoms with Crippen LogP contribution in [0.1, 0.15) is 39.7 Å². The average Bonchev–Trinajstić information content (AvgIpc) is 3.20. The quantitative estimate of drug-likeness (QED) is 0.472. The van der Waals surface area contributed by atoms with Crippen LogP contribution in [0, 0.1) is 5.82 Å². The summed E-state index contributed by atoms with van der Waals surface area (Å²) in [6, 6.07) is 5.47. The zero-order chi connectivity index (χ0) is 20.4. The molecule has 0 radical (unpaired) electrons. The van der Waals surface area contributed by atoms with Crippen LogP contribution in [0.3, 0.4) is 0 Å². The summed E-state index contributed by atoms with van der Waals surface area (Å²) in [5, 5.41) is 6.58. The highest BCUT2D eigenvalue weighted by molar-refractivity contribution is 5.80. The molecule has 0 aliphatic carbocycles. The van der Waals surface area contributed by atoms with Crippen molar-refractivity contribution >= 4 is 11.6 Å². The van der Waals surface area contributed by atoms with Gasteiger partial charge in [0, 0.05) is 32.3 Å². The van der Waals surface area contributed by atoms with Crippen molar-refractivity contribution in [1.29, 1.82) is 0 Å². The van der Waals surface area contributed by atoms with Crippen LogP contribution >= 0.6 is 0 Å². The first-order chi connectivity index (χ1) is 13.6. The van der Waals surface area contributed by atoms with Crippen molar-refractivity contribution in [2.75, 3.05) is 44.4 Å². The van der Waals surface area contributed by atoms with Gasteiger partial charge >= 0.3 is 0 Å². The molecule has 158 valence electrons. The van der Waals surface area contributed by atoms with E-state index in [9.17, 15) is 4.39 Å². The number of anilines is 1. The molecule has 28 heavy (non-hydrogen) atoms. The summed E-state index contributed by atoms with van der Waals surface area (Å²) in [5.74, 6) is 0.504. The van der Waals surface area contributed by atoms with Crippen molar-refractivity contribution in [3.8, 4) is 0 Å². The molecule has 7 heteroatoms. The number of hydrogen-bond donors (Lipinski definition) is 2. The molecular weight excluding hydrogens is 359 g/mol. The maximum Gasteiger partial charge on any atom is 0.191 e. The van der Waals surface area contributed by atoms with E-state index in [0.717, 1.165) is 38.2 Å². The lowest BCUT2D eigenvalue weighted by atomic mass is 10.2. The Hall–Kier alpha value is -1.86. The van der Waals surface area contributed by atoms with Gasteiger partial charge in [0.1, 0.15) is 5.82 Å². The average molecular weight is 395 g/mol. The maximum atomic E-state index is 14.5. The summed E-state index contributed by atoms with van der Waals surface area (Å²) in [6.45, 7) is 12.9. The summed E-state index contributed by atoms with van der Waals surface area (Å²) < 4.78 is 25.6. The highest BCUT2D eigenvalue weighted by Gasteiger charge is 2.17. The molecule has 6 nitrogen and oxygen atoms in total. The zero-order valence-corrected chi connectivity index (χ0v) is 17.6. The van der Waals surface area contributed by atoms with Crippen molar-refractivity contribution in [1.82, 2.24) is 10.6 Å². The minimum atomic E-state index is -0.199. The van der Waals surface area contributed by atoms with E-state index in [0.29, 0.717) is 31.4 Å². The first-order valence-electron chi connectivity index (χ1n) is 10.3. The molecule has 0 spiro atoms. The highest BCUT2D eigenvalue weighted by atomic mass is 19.1. The molecule has 0 bridgehead atoms. The second kappa shape index (κ2) is 11.9. The van der Waals surface area contributed by atoms with Gasteiger partial charge in [0.05, 0.1) is 31.5 Å². The van der Waals surface area contributed by atoms with Gasteiger partial charge in [0.25, 0.3) is 0 Å². The van der Waals surface area contributed by atoms with E-state index in [1.165, 1.54) is 0 Å². The largest absolute Gasteiger partial charge is 0.379 e. The van der Waals surface area contributed by atoms with Gasteiger partial charge in [-0.25, -0.2) is 9.38 Å². The third-order valence-corrected chi connectivity index (χ3v) is 4.73. The Morgan fingerprint density at radius 1 is 1.36 bits per heavy atom. The van der Waals surface area contributed by atoms with Gasteiger partial charge in [-0.2, -0.15) is 0 Å². The first-order valence-corrected chi connectivity index (χ1v) is 10.3. The molecule has 1 heterocycles. The van der Waals surface area contributed by atoms with Crippen LogP contribution in [-0.4, -0.2) is 57.6 Å². The molecule has 0 amide bonds. The normalized spacial score (nSPS) is 18.2. The number of hydrogen-bond acceptors (Lipinski definition) is 4. The van der Waals surface area contributed by atoms with E-state index in [2.05, 4.69) is 22.5 Å². The second-order valence-corrected chi connectivity index (χ2v) is 7.02. The Bertz CT molecular complexity index is 616. The molecule has 1 aromatic carbocycles. The number of aliphatic imine (C=N–C) groups is 1. The van der Waals surface area contributed by atoms with E-state index in [4.69, 9.17) is 9.47 Å². The predicted molar refractivity (Wildman–Crippen MR) is 113 cm³/mol. The minimum Gasteiger partial charge on any atom is -0.379 e. The Balaban J connectivity index is 1.92. The molecule has 1 fully saturated rings. The molecule has 2 atom stereocenters. The molecular formula is C21H35FN4O2.